The summed E-state index contributed by atoms with van der Waals surface area (Å²) in [6, 6.07) is 14.5. The van der Waals surface area contributed by atoms with Crippen molar-refractivity contribution in [1.29, 1.82) is 5.26 Å². The maximum Gasteiger partial charge on any atom is 0.416 e. The van der Waals surface area contributed by atoms with Crippen LogP contribution in [0.25, 0.3) is 10.9 Å². The molecule has 4 rings (SSSR count). The minimum atomic E-state index is -4.49. The van der Waals surface area contributed by atoms with Gasteiger partial charge >= 0.3 is 6.18 Å². The molecule has 0 atom stereocenters. The summed E-state index contributed by atoms with van der Waals surface area (Å²) >= 11 is 0. The number of benzene rings is 2. The second kappa shape index (κ2) is 7.17. The van der Waals surface area contributed by atoms with Crippen molar-refractivity contribution in [1.82, 2.24) is 9.88 Å². The fourth-order valence-corrected chi connectivity index (χ4v) is 3.59. The van der Waals surface area contributed by atoms with E-state index in [9.17, 15) is 23.2 Å². The van der Waals surface area contributed by atoms with Crippen LogP contribution in [0.4, 0.5) is 18.9 Å². The Kier molecular flexibility index (Phi) is 4.66. The topological polar surface area (TPSA) is 63.1 Å². The van der Waals surface area contributed by atoms with E-state index in [2.05, 4.69) is 4.98 Å². The lowest BCUT2D eigenvalue weighted by molar-refractivity contribution is -0.137. The molecule has 0 bridgehead atoms. The number of nitrogens with one attached hydrogen (secondary N) is 1. The van der Waals surface area contributed by atoms with Gasteiger partial charge in [-0.1, -0.05) is 18.2 Å². The van der Waals surface area contributed by atoms with E-state index >= 15 is 0 Å². The van der Waals surface area contributed by atoms with Crippen LogP contribution in [-0.4, -0.2) is 42.0 Å². The number of fused-ring (bicyclic) bond motifs is 1. The van der Waals surface area contributed by atoms with Crippen molar-refractivity contribution in [2.75, 3.05) is 31.1 Å². The largest absolute Gasteiger partial charge is 0.416 e. The Labute approximate surface area is 164 Å². The van der Waals surface area contributed by atoms with Crippen LogP contribution in [0.1, 0.15) is 21.6 Å². The van der Waals surface area contributed by atoms with Crippen molar-refractivity contribution in [2.24, 2.45) is 0 Å². The van der Waals surface area contributed by atoms with E-state index in [-0.39, 0.29) is 11.5 Å². The third-order valence-corrected chi connectivity index (χ3v) is 5.11. The summed E-state index contributed by atoms with van der Waals surface area (Å²) in [7, 11) is 0. The summed E-state index contributed by atoms with van der Waals surface area (Å²) in [5.41, 5.74) is 0.989. The van der Waals surface area contributed by atoms with E-state index in [1.807, 2.05) is 41.3 Å². The standard InChI is InChI=1S/C21H17F3N4O/c22-21(23,24)16-5-6-19(15(11-16)13-25)27-7-9-28(10-8-27)20(29)18-12-14-3-1-2-4-17(14)26-18/h1-6,11-12,26H,7-10H2. The number of aromatic amines is 1. The van der Waals surface area contributed by atoms with Crippen molar-refractivity contribution in [3.63, 3.8) is 0 Å². The number of carbonyl (C=O) groups is 1. The molecule has 29 heavy (non-hydrogen) atoms. The molecule has 2 heterocycles. The van der Waals surface area contributed by atoms with Crippen LogP contribution < -0.4 is 4.90 Å². The summed E-state index contributed by atoms with van der Waals surface area (Å²) in [6.07, 6.45) is -4.49. The maximum absolute atomic E-state index is 12.9. The number of piperazine rings is 1. The smallest absolute Gasteiger partial charge is 0.367 e. The first kappa shape index (κ1) is 18.9. The lowest BCUT2D eigenvalue weighted by Gasteiger charge is -2.36. The van der Waals surface area contributed by atoms with Crippen molar-refractivity contribution >= 4 is 22.5 Å². The van der Waals surface area contributed by atoms with Crippen LogP contribution in [0.2, 0.25) is 0 Å². The molecule has 1 saturated heterocycles. The van der Waals surface area contributed by atoms with Gasteiger partial charge in [-0.05, 0) is 30.3 Å². The molecule has 1 aromatic heterocycles. The molecule has 0 aliphatic carbocycles. The zero-order valence-corrected chi connectivity index (χ0v) is 15.3. The number of alkyl halides is 3. The molecular weight excluding hydrogens is 381 g/mol. The molecule has 8 heteroatoms. The SMILES string of the molecule is N#Cc1cc(C(F)(F)F)ccc1N1CCN(C(=O)c2cc3ccccc3[nH]2)CC1. The predicted molar refractivity (Wildman–Crippen MR) is 103 cm³/mol. The third kappa shape index (κ3) is 3.63. The maximum atomic E-state index is 12.9. The van der Waals surface area contributed by atoms with Crippen LogP contribution in [0.15, 0.2) is 48.5 Å². The van der Waals surface area contributed by atoms with E-state index < -0.39 is 11.7 Å². The van der Waals surface area contributed by atoms with Crippen LogP contribution in [0, 0.1) is 11.3 Å². The number of amides is 1. The fourth-order valence-electron chi connectivity index (χ4n) is 3.59. The Morgan fingerprint density at radius 3 is 2.41 bits per heavy atom. The number of H-pyrrole nitrogens is 1. The average Bonchev–Trinajstić information content (AvgIpc) is 3.16. The van der Waals surface area contributed by atoms with Gasteiger partial charge in [0.25, 0.3) is 5.91 Å². The molecule has 0 unspecified atom stereocenters. The molecule has 3 aromatic rings. The highest BCUT2D eigenvalue weighted by molar-refractivity contribution is 5.98. The number of para-hydroxylation sites is 1. The molecule has 0 saturated carbocycles. The zero-order chi connectivity index (χ0) is 20.6. The van der Waals surface area contributed by atoms with Gasteiger partial charge in [-0.15, -0.1) is 0 Å². The van der Waals surface area contributed by atoms with E-state index in [0.29, 0.717) is 37.6 Å². The fraction of sp³-hybridized carbons (Fsp3) is 0.238. The molecule has 2 aromatic carbocycles. The Morgan fingerprint density at radius 2 is 1.76 bits per heavy atom. The van der Waals surface area contributed by atoms with Gasteiger partial charge < -0.3 is 14.8 Å². The molecular formula is C21H17F3N4O. The first-order chi connectivity index (χ1) is 13.9. The van der Waals surface area contributed by atoms with Gasteiger partial charge in [-0.25, -0.2) is 0 Å². The number of nitrogens with zero attached hydrogens (tertiary/aromatic N) is 3. The molecule has 1 aliphatic heterocycles. The van der Waals surface area contributed by atoms with Gasteiger partial charge in [0.05, 0.1) is 16.8 Å². The monoisotopic (exact) mass is 398 g/mol. The van der Waals surface area contributed by atoms with E-state index in [4.69, 9.17) is 0 Å². The normalized spacial score (nSPS) is 14.8. The molecule has 1 N–H and O–H groups in total. The Hall–Kier alpha value is -3.47. The average molecular weight is 398 g/mol. The third-order valence-electron chi connectivity index (χ3n) is 5.11. The van der Waals surface area contributed by atoms with E-state index in [1.54, 1.807) is 4.90 Å². The zero-order valence-electron chi connectivity index (χ0n) is 15.3. The predicted octanol–water partition coefficient (Wildman–Crippen LogP) is 4.02. The summed E-state index contributed by atoms with van der Waals surface area (Å²) in [5.74, 6) is -0.117. The first-order valence-electron chi connectivity index (χ1n) is 9.10. The number of nitriles is 1. The lowest BCUT2D eigenvalue weighted by atomic mass is 10.1. The summed E-state index contributed by atoms with van der Waals surface area (Å²) < 4.78 is 38.7. The molecule has 5 nitrogen and oxygen atoms in total. The summed E-state index contributed by atoms with van der Waals surface area (Å²) in [4.78, 5) is 19.5. The number of halogens is 3. The highest BCUT2D eigenvalue weighted by Gasteiger charge is 2.32. The lowest BCUT2D eigenvalue weighted by Crippen LogP contribution is -2.49. The van der Waals surface area contributed by atoms with Crippen LogP contribution in [-0.2, 0) is 6.18 Å². The second-order valence-corrected chi connectivity index (χ2v) is 6.89. The number of carbonyl (C=O) groups excluding carboxylic acids is 1. The van der Waals surface area contributed by atoms with Crippen LogP contribution in [0.5, 0.6) is 0 Å². The molecule has 1 fully saturated rings. The molecule has 0 radical (unpaired) electrons. The van der Waals surface area contributed by atoms with Gasteiger partial charge in [0.1, 0.15) is 11.8 Å². The molecule has 1 amide bonds. The Bertz CT molecular complexity index is 1070. The number of aromatic nitrogens is 1. The number of hydrogen-bond acceptors (Lipinski definition) is 3. The molecule has 148 valence electrons. The first-order valence-corrected chi connectivity index (χ1v) is 9.10. The second-order valence-electron chi connectivity index (χ2n) is 6.89. The van der Waals surface area contributed by atoms with E-state index in [1.165, 1.54) is 6.07 Å². The number of anilines is 1. The highest BCUT2D eigenvalue weighted by Crippen LogP contribution is 2.33. The van der Waals surface area contributed by atoms with Gasteiger partial charge in [-0.2, -0.15) is 18.4 Å². The van der Waals surface area contributed by atoms with Crippen LogP contribution in [0.3, 0.4) is 0 Å². The minimum absolute atomic E-state index is 0.0183. The van der Waals surface area contributed by atoms with Crippen LogP contribution >= 0.6 is 0 Å². The highest BCUT2D eigenvalue weighted by atomic mass is 19.4. The Balaban J connectivity index is 1.48. The minimum Gasteiger partial charge on any atom is -0.367 e. The Morgan fingerprint density at radius 1 is 1.03 bits per heavy atom. The number of hydrogen-bond donors (Lipinski definition) is 1. The van der Waals surface area contributed by atoms with E-state index in [0.717, 1.165) is 23.0 Å². The van der Waals surface area contributed by atoms with Crippen molar-refractivity contribution in [3.05, 3.63) is 65.4 Å². The van der Waals surface area contributed by atoms with Crippen molar-refractivity contribution in [3.8, 4) is 6.07 Å². The van der Waals surface area contributed by atoms with Gasteiger partial charge in [-0.3, -0.25) is 4.79 Å². The van der Waals surface area contributed by atoms with Crippen molar-refractivity contribution < 1.29 is 18.0 Å². The van der Waals surface area contributed by atoms with Gasteiger partial charge in [0.2, 0.25) is 0 Å². The summed E-state index contributed by atoms with van der Waals surface area (Å²) in [5, 5.41) is 10.2. The molecule has 0 spiro atoms. The number of rotatable bonds is 2. The van der Waals surface area contributed by atoms with Crippen molar-refractivity contribution in [2.45, 2.75) is 6.18 Å². The van der Waals surface area contributed by atoms with Gasteiger partial charge in [0.15, 0.2) is 0 Å². The quantitative estimate of drug-likeness (QED) is 0.709. The summed E-state index contributed by atoms with van der Waals surface area (Å²) in [6.45, 7) is 1.71. The van der Waals surface area contributed by atoms with Gasteiger partial charge in [0, 0.05) is 37.1 Å². The molecule has 1 aliphatic rings.